The number of hydrogen-bond donors (Lipinski definition) is 1. The van der Waals surface area contributed by atoms with Crippen LogP contribution >= 0.6 is 0 Å². The standard InChI is InChI=1S/C15H15FN2O2/c1-11-2-3-13(8-15(11)18(19)20)10-17-9-12-4-6-14(16)7-5-12/h2-8,17H,9-10H2,1H3. The van der Waals surface area contributed by atoms with Gasteiger partial charge in [0.15, 0.2) is 0 Å². The van der Waals surface area contributed by atoms with Crippen LogP contribution in [0.15, 0.2) is 42.5 Å². The minimum Gasteiger partial charge on any atom is -0.309 e. The minimum absolute atomic E-state index is 0.131. The van der Waals surface area contributed by atoms with E-state index in [1.807, 2.05) is 6.07 Å². The number of hydrogen-bond acceptors (Lipinski definition) is 3. The van der Waals surface area contributed by atoms with E-state index >= 15 is 0 Å². The van der Waals surface area contributed by atoms with Gasteiger partial charge in [0.1, 0.15) is 5.82 Å². The van der Waals surface area contributed by atoms with Crippen LogP contribution in [0.4, 0.5) is 10.1 Å². The second kappa shape index (κ2) is 6.25. The lowest BCUT2D eigenvalue weighted by molar-refractivity contribution is -0.385. The Morgan fingerprint density at radius 2 is 1.70 bits per heavy atom. The molecule has 0 fully saturated rings. The molecule has 0 aromatic heterocycles. The Morgan fingerprint density at radius 3 is 2.35 bits per heavy atom. The third-order valence-corrected chi connectivity index (χ3v) is 3.04. The number of nitrogens with one attached hydrogen (secondary N) is 1. The molecule has 104 valence electrons. The summed E-state index contributed by atoms with van der Waals surface area (Å²) in [7, 11) is 0. The molecule has 0 heterocycles. The maximum absolute atomic E-state index is 12.7. The zero-order valence-corrected chi connectivity index (χ0v) is 11.1. The van der Waals surface area contributed by atoms with Crippen molar-refractivity contribution in [2.45, 2.75) is 20.0 Å². The monoisotopic (exact) mass is 274 g/mol. The summed E-state index contributed by atoms with van der Waals surface area (Å²) in [6.07, 6.45) is 0. The molecule has 2 rings (SSSR count). The first-order valence-corrected chi connectivity index (χ1v) is 6.25. The zero-order chi connectivity index (χ0) is 14.5. The van der Waals surface area contributed by atoms with E-state index in [9.17, 15) is 14.5 Å². The molecule has 5 heteroatoms. The number of aryl methyl sites for hydroxylation is 1. The fourth-order valence-corrected chi connectivity index (χ4v) is 1.92. The molecular weight excluding hydrogens is 259 g/mol. The van der Waals surface area contributed by atoms with Crippen molar-refractivity contribution in [1.29, 1.82) is 0 Å². The highest BCUT2D eigenvalue weighted by Gasteiger charge is 2.10. The number of rotatable bonds is 5. The molecule has 0 bridgehead atoms. The van der Waals surface area contributed by atoms with Gasteiger partial charge in [-0.15, -0.1) is 0 Å². The van der Waals surface area contributed by atoms with E-state index in [2.05, 4.69) is 5.32 Å². The van der Waals surface area contributed by atoms with Crippen LogP contribution in [-0.2, 0) is 13.1 Å². The van der Waals surface area contributed by atoms with E-state index in [0.29, 0.717) is 18.7 Å². The zero-order valence-electron chi connectivity index (χ0n) is 11.1. The predicted octanol–water partition coefficient (Wildman–Crippen LogP) is 3.33. The Bertz CT molecular complexity index is 612. The third-order valence-electron chi connectivity index (χ3n) is 3.04. The Balaban J connectivity index is 1.96. The summed E-state index contributed by atoms with van der Waals surface area (Å²) < 4.78 is 12.7. The van der Waals surface area contributed by atoms with Gasteiger partial charge in [-0.1, -0.05) is 24.3 Å². The van der Waals surface area contributed by atoms with Crippen LogP contribution in [0.2, 0.25) is 0 Å². The highest BCUT2D eigenvalue weighted by Crippen LogP contribution is 2.19. The first-order chi connectivity index (χ1) is 9.56. The Kier molecular flexibility index (Phi) is 4.42. The second-order valence-electron chi connectivity index (χ2n) is 4.61. The highest BCUT2D eigenvalue weighted by molar-refractivity contribution is 5.42. The Hall–Kier alpha value is -2.27. The number of nitrogens with zero attached hydrogens (tertiary/aromatic N) is 1. The molecule has 1 N–H and O–H groups in total. The van der Waals surface area contributed by atoms with Crippen LogP contribution in [0, 0.1) is 22.9 Å². The summed E-state index contributed by atoms with van der Waals surface area (Å²) in [6.45, 7) is 2.83. The first kappa shape index (κ1) is 14.1. The summed E-state index contributed by atoms with van der Waals surface area (Å²) in [4.78, 5) is 10.5. The van der Waals surface area contributed by atoms with Crippen LogP contribution in [0.25, 0.3) is 0 Å². The molecule has 0 atom stereocenters. The molecule has 0 aliphatic rings. The topological polar surface area (TPSA) is 55.2 Å². The molecule has 4 nitrogen and oxygen atoms in total. The first-order valence-electron chi connectivity index (χ1n) is 6.25. The Morgan fingerprint density at radius 1 is 1.10 bits per heavy atom. The lowest BCUT2D eigenvalue weighted by atomic mass is 10.1. The van der Waals surface area contributed by atoms with E-state index in [1.54, 1.807) is 31.2 Å². The summed E-state index contributed by atoms with van der Waals surface area (Å²) in [5.41, 5.74) is 2.60. The molecule has 2 aromatic rings. The van der Waals surface area contributed by atoms with E-state index < -0.39 is 0 Å². The van der Waals surface area contributed by atoms with Gasteiger partial charge in [0.25, 0.3) is 5.69 Å². The minimum atomic E-state index is -0.376. The molecule has 2 aromatic carbocycles. The van der Waals surface area contributed by atoms with E-state index in [-0.39, 0.29) is 16.4 Å². The fourth-order valence-electron chi connectivity index (χ4n) is 1.92. The SMILES string of the molecule is Cc1ccc(CNCc2ccc(F)cc2)cc1[N+](=O)[O-]. The number of halogens is 1. The van der Waals surface area contributed by atoms with Gasteiger partial charge in [-0.3, -0.25) is 10.1 Å². The van der Waals surface area contributed by atoms with Crippen molar-refractivity contribution < 1.29 is 9.31 Å². The highest BCUT2D eigenvalue weighted by atomic mass is 19.1. The molecule has 0 amide bonds. The van der Waals surface area contributed by atoms with Crippen LogP contribution in [0.3, 0.4) is 0 Å². The molecule has 0 aliphatic carbocycles. The van der Waals surface area contributed by atoms with Gasteiger partial charge in [-0.05, 0) is 30.2 Å². The molecule has 0 aliphatic heterocycles. The molecule has 0 unspecified atom stereocenters. The Labute approximate surface area is 116 Å². The van der Waals surface area contributed by atoms with Crippen LogP contribution in [0.5, 0.6) is 0 Å². The lowest BCUT2D eigenvalue weighted by Gasteiger charge is -2.06. The van der Waals surface area contributed by atoms with Gasteiger partial charge in [-0.2, -0.15) is 0 Å². The molecule has 0 radical (unpaired) electrons. The quantitative estimate of drug-likeness (QED) is 0.672. The molecule has 20 heavy (non-hydrogen) atoms. The van der Waals surface area contributed by atoms with Gasteiger partial charge in [0.2, 0.25) is 0 Å². The van der Waals surface area contributed by atoms with Gasteiger partial charge < -0.3 is 5.32 Å². The van der Waals surface area contributed by atoms with Crippen molar-refractivity contribution in [3.63, 3.8) is 0 Å². The van der Waals surface area contributed by atoms with Gasteiger partial charge in [-0.25, -0.2) is 4.39 Å². The predicted molar refractivity (Wildman–Crippen MR) is 74.8 cm³/mol. The molecular formula is C15H15FN2O2. The maximum Gasteiger partial charge on any atom is 0.272 e. The summed E-state index contributed by atoms with van der Waals surface area (Å²) >= 11 is 0. The van der Waals surface area contributed by atoms with Gasteiger partial charge in [0, 0.05) is 24.7 Å². The van der Waals surface area contributed by atoms with Crippen LogP contribution in [0.1, 0.15) is 16.7 Å². The molecule has 0 spiro atoms. The number of nitro groups is 1. The summed E-state index contributed by atoms with van der Waals surface area (Å²) in [5.74, 6) is -0.261. The number of nitro benzene ring substituents is 1. The third kappa shape index (κ3) is 3.61. The summed E-state index contributed by atoms with van der Waals surface area (Å²) in [5, 5.41) is 14.0. The van der Waals surface area contributed by atoms with Crippen molar-refractivity contribution in [2.24, 2.45) is 0 Å². The van der Waals surface area contributed by atoms with Crippen LogP contribution < -0.4 is 5.32 Å². The molecule has 0 saturated heterocycles. The smallest absolute Gasteiger partial charge is 0.272 e. The van der Waals surface area contributed by atoms with Crippen LogP contribution in [-0.4, -0.2) is 4.92 Å². The average Bonchev–Trinajstić information content (AvgIpc) is 2.42. The lowest BCUT2D eigenvalue weighted by Crippen LogP contribution is -2.12. The van der Waals surface area contributed by atoms with Crippen molar-refractivity contribution >= 4 is 5.69 Å². The van der Waals surface area contributed by atoms with Crippen molar-refractivity contribution in [3.05, 3.63) is 75.1 Å². The number of benzene rings is 2. The fraction of sp³-hybridized carbons (Fsp3) is 0.200. The average molecular weight is 274 g/mol. The van der Waals surface area contributed by atoms with Gasteiger partial charge >= 0.3 is 0 Å². The van der Waals surface area contributed by atoms with Crippen molar-refractivity contribution in [1.82, 2.24) is 5.32 Å². The molecule has 0 saturated carbocycles. The largest absolute Gasteiger partial charge is 0.309 e. The van der Waals surface area contributed by atoms with Gasteiger partial charge in [0.05, 0.1) is 4.92 Å². The van der Waals surface area contributed by atoms with Crippen molar-refractivity contribution in [2.75, 3.05) is 0 Å². The van der Waals surface area contributed by atoms with E-state index in [1.165, 1.54) is 12.1 Å². The maximum atomic E-state index is 12.7. The normalized spacial score (nSPS) is 10.5. The van der Waals surface area contributed by atoms with E-state index in [4.69, 9.17) is 0 Å². The summed E-state index contributed by atoms with van der Waals surface area (Å²) in [6, 6.07) is 11.4. The van der Waals surface area contributed by atoms with Crippen molar-refractivity contribution in [3.8, 4) is 0 Å². The van der Waals surface area contributed by atoms with E-state index in [0.717, 1.165) is 11.1 Å². The second-order valence-corrected chi connectivity index (χ2v) is 4.61.